The zero-order valence-corrected chi connectivity index (χ0v) is 10.7. The van der Waals surface area contributed by atoms with Crippen molar-refractivity contribution < 1.29 is 0 Å². The van der Waals surface area contributed by atoms with Gasteiger partial charge < -0.3 is 16.5 Å². The number of hydrogen-bond donors (Lipinski definition) is 3. The second-order valence-electron chi connectivity index (χ2n) is 4.09. The molecule has 1 aromatic carbocycles. The first kappa shape index (κ1) is 11.6. The molecule has 2 heterocycles. The van der Waals surface area contributed by atoms with Crippen LogP contribution in [-0.2, 0) is 0 Å². The molecule has 0 unspecified atom stereocenters. The molecule has 0 radical (unpaired) electrons. The Labute approximate surface area is 114 Å². The lowest BCUT2D eigenvalue weighted by Gasteiger charge is -2.03. The Balaban J connectivity index is 2.25. The van der Waals surface area contributed by atoms with Crippen LogP contribution < -0.4 is 11.5 Å². The van der Waals surface area contributed by atoms with Crippen molar-refractivity contribution >= 4 is 34.1 Å². The minimum atomic E-state index is 0.272. The molecule has 19 heavy (non-hydrogen) atoms. The first-order valence-corrected chi connectivity index (χ1v) is 6.07. The van der Waals surface area contributed by atoms with E-state index in [1.165, 1.54) is 0 Å². The number of nitrogens with two attached hydrogens (primary N) is 2. The summed E-state index contributed by atoms with van der Waals surface area (Å²) in [6.07, 6.45) is 1.70. The van der Waals surface area contributed by atoms with Crippen LogP contribution in [-0.4, -0.2) is 19.9 Å². The number of anilines is 1. The number of fused-ring (bicyclic) bond motifs is 1. The molecule has 94 valence electrons. The number of H-pyrrole nitrogens is 1. The van der Waals surface area contributed by atoms with Gasteiger partial charge in [0.2, 0.25) is 0 Å². The fourth-order valence-corrected chi connectivity index (χ4v) is 2.13. The van der Waals surface area contributed by atoms with Crippen LogP contribution >= 0.6 is 12.2 Å². The van der Waals surface area contributed by atoms with Crippen molar-refractivity contribution in [3.05, 3.63) is 42.1 Å². The van der Waals surface area contributed by atoms with Gasteiger partial charge in [0, 0.05) is 17.3 Å². The summed E-state index contributed by atoms with van der Waals surface area (Å²) in [7, 11) is 0. The van der Waals surface area contributed by atoms with Crippen LogP contribution in [0.25, 0.3) is 22.4 Å². The van der Waals surface area contributed by atoms with Crippen molar-refractivity contribution in [3.8, 4) is 11.4 Å². The lowest BCUT2D eigenvalue weighted by atomic mass is 10.2. The van der Waals surface area contributed by atoms with E-state index in [2.05, 4.69) is 15.0 Å². The van der Waals surface area contributed by atoms with Gasteiger partial charge >= 0.3 is 0 Å². The molecule has 0 spiro atoms. The highest BCUT2D eigenvalue weighted by molar-refractivity contribution is 7.80. The largest absolute Gasteiger partial charge is 0.389 e. The third-order valence-corrected chi connectivity index (χ3v) is 3.08. The molecule has 0 aliphatic heterocycles. The van der Waals surface area contributed by atoms with Gasteiger partial charge in [-0.15, -0.1) is 0 Å². The van der Waals surface area contributed by atoms with E-state index in [4.69, 9.17) is 23.7 Å². The molecular weight excluding hydrogens is 258 g/mol. The van der Waals surface area contributed by atoms with Gasteiger partial charge in [-0.05, 0) is 0 Å². The molecule has 0 aliphatic carbocycles. The molecule has 0 amide bonds. The number of aromatic nitrogens is 3. The maximum absolute atomic E-state index is 5.99. The number of aromatic amines is 1. The second kappa shape index (κ2) is 4.33. The van der Waals surface area contributed by atoms with Crippen molar-refractivity contribution in [2.45, 2.75) is 0 Å². The monoisotopic (exact) mass is 269 g/mol. The summed E-state index contributed by atoms with van der Waals surface area (Å²) in [6.45, 7) is 0. The molecule has 0 aliphatic rings. The van der Waals surface area contributed by atoms with Crippen LogP contribution in [0.1, 0.15) is 5.56 Å². The molecule has 2 aromatic heterocycles. The van der Waals surface area contributed by atoms with Crippen molar-refractivity contribution in [1.82, 2.24) is 15.0 Å². The fraction of sp³-hybridized carbons (Fsp3) is 0. The lowest BCUT2D eigenvalue weighted by Crippen LogP contribution is -2.09. The topological polar surface area (TPSA) is 93.6 Å². The Morgan fingerprint density at radius 2 is 1.89 bits per heavy atom. The van der Waals surface area contributed by atoms with Gasteiger partial charge in [0.25, 0.3) is 0 Å². The Morgan fingerprint density at radius 1 is 1.16 bits per heavy atom. The Kier molecular flexibility index (Phi) is 2.64. The van der Waals surface area contributed by atoms with Crippen molar-refractivity contribution in [2.75, 3.05) is 5.73 Å². The summed E-state index contributed by atoms with van der Waals surface area (Å²) in [5.74, 6) is 0.940. The van der Waals surface area contributed by atoms with Gasteiger partial charge in [-0.1, -0.05) is 42.5 Å². The molecule has 5 nitrogen and oxygen atoms in total. The summed E-state index contributed by atoms with van der Waals surface area (Å²) >= 11 is 4.98. The summed E-state index contributed by atoms with van der Waals surface area (Å²) in [6, 6.07) is 9.64. The standard InChI is InChI=1S/C13H11N5S/c14-10-9-8(11(15)19)6-16-13(9)18-12(17-10)7-4-2-1-3-5-7/h1-6H,(H2,15,19)(H3,14,16,17,18). The maximum atomic E-state index is 5.99. The Hall–Kier alpha value is -2.47. The first-order chi connectivity index (χ1) is 9.16. The van der Waals surface area contributed by atoms with Crippen LogP contribution in [0.5, 0.6) is 0 Å². The molecule has 0 fully saturated rings. The van der Waals surface area contributed by atoms with Gasteiger partial charge in [0.15, 0.2) is 5.82 Å². The maximum Gasteiger partial charge on any atom is 0.163 e. The fourth-order valence-electron chi connectivity index (χ4n) is 1.97. The average molecular weight is 269 g/mol. The van der Waals surface area contributed by atoms with E-state index in [9.17, 15) is 0 Å². The highest BCUT2D eigenvalue weighted by Gasteiger charge is 2.13. The molecular formula is C13H11N5S. The predicted octanol–water partition coefficient (Wildman–Crippen LogP) is 1.84. The SMILES string of the molecule is NC(=S)c1c[nH]c2nc(-c3ccccc3)nc(N)c12. The van der Waals surface area contributed by atoms with Crippen LogP contribution in [0.15, 0.2) is 36.5 Å². The van der Waals surface area contributed by atoms with Gasteiger partial charge in [0.1, 0.15) is 16.5 Å². The third-order valence-electron chi connectivity index (χ3n) is 2.86. The van der Waals surface area contributed by atoms with Gasteiger partial charge in [-0.2, -0.15) is 0 Å². The lowest BCUT2D eigenvalue weighted by molar-refractivity contribution is 1.21. The van der Waals surface area contributed by atoms with Crippen molar-refractivity contribution in [3.63, 3.8) is 0 Å². The number of rotatable bonds is 2. The Bertz CT molecular complexity index is 763. The number of hydrogen-bond acceptors (Lipinski definition) is 4. The van der Waals surface area contributed by atoms with Crippen molar-refractivity contribution in [2.24, 2.45) is 5.73 Å². The molecule has 5 N–H and O–H groups in total. The molecule has 0 atom stereocenters. The number of nitrogen functional groups attached to an aromatic ring is 1. The molecule has 0 bridgehead atoms. The number of nitrogens with zero attached hydrogens (tertiary/aromatic N) is 2. The van der Waals surface area contributed by atoms with Gasteiger partial charge in [-0.3, -0.25) is 0 Å². The van der Waals surface area contributed by atoms with Crippen LogP contribution in [0, 0.1) is 0 Å². The minimum absolute atomic E-state index is 0.272. The smallest absolute Gasteiger partial charge is 0.163 e. The molecule has 0 saturated carbocycles. The van der Waals surface area contributed by atoms with Crippen LogP contribution in [0.3, 0.4) is 0 Å². The second-order valence-corrected chi connectivity index (χ2v) is 4.53. The summed E-state index contributed by atoms with van der Waals surface area (Å²) in [5, 5.41) is 0.673. The highest BCUT2D eigenvalue weighted by Crippen LogP contribution is 2.25. The van der Waals surface area contributed by atoms with Gasteiger partial charge in [0.05, 0.1) is 5.39 Å². The van der Waals surface area contributed by atoms with Crippen LogP contribution in [0.4, 0.5) is 5.82 Å². The zero-order valence-electron chi connectivity index (χ0n) is 9.92. The van der Waals surface area contributed by atoms with E-state index in [-0.39, 0.29) is 4.99 Å². The molecule has 0 saturated heterocycles. The number of nitrogens with one attached hydrogen (secondary N) is 1. The number of thiocarbonyl (C=S) groups is 1. The highest BCUT2D eigenvalue weighted by atomic mass is 32.1. The quantitative estimate of drug-likeness (QED) is 0.617. The number of benzene rings is 1. The summed E-state index contributed by atoms with van der Waals surface area (Å²) < 4.78 is 0. The van der Waals surface area contributed by atoms with Gasteiger partial charge in [-0.25, -0.2) is 9.97 Å². The summed E-state index contributed by atoms with van der Waals surface area (Å²) in [5.41, 5.74) is 13.8. The average Bonchev–Trinajstić information content (AvgIpc) is 2.84. The zero-order chi connectivity index (χ0) is 13.4. The van der Waals surface area contributed by atoms with E-state index < -0.39 is 0 Å². The van der Waals surface area contributed by atoms with E-state index in [1.807, 2.05) is 30.3 Å². The Morgan fingerprint density at radius 3 is 2.58 bits per heavy atom. The van der Waals surface area contributed by atoms with Crippen LogP contribution in [0.2, 0.25) is 0 Å². The molecule has 3 aromatic rings. The van der Waals surface area contributed by atoms with Crippen molar-refractivity contribution in [1.29, 1.82) is 0 Å². The van der Waals surface area contributed by atoms with E-state index in [1.54, 1.807) is 6.20 Å². The van der Waals surface area contributed by atoms with E-state index >= 15 is 0 Å². The van der Waals surface area contributed by atoms with E-state index in [0.717, 1.165) is 5.56 Å². The normalized spacial score (nSPS) is 10.7. The summed E-state index contributed by atoms with van der Waals surface area (Å²) in [4.78, 5) is 12.1. The minimum Gasteiger partial charge on any atom is -0.389 e. The third kappa shape index (κ3) is 1.92. The predicted molar refractivity (Wildman–Crippen MR) is 79.6 cm³/mol. The molecule has 6 heteroatoms. The molecule has 3 rings (SSSR count). The first-order valence-electron chi connectivity index (χ1n) is 5.66. The van der Waals surface area contributed by atoms with E-state index in [0.29, 0.717) is 28.2 Å².